The van der Waals surface area contributed by atoms with Gasteiger partial charge in [-0.15, -0.1) is 0 Å². The molecule has 0 unspecified atom stereocenters. The molecule has 0 atom stereocenters. The SMILES string of the molecule is O=C(O)C(=Cc1cccc(Cl)c1)c1ccccn1. The Labute approximate surface area is 109 Å². The molecule has 0 radical (unpaired) electrons. The molecule has 18 heavy (non-hydrogen) atoms. The van der Waals surface area contributed by atoms with Crippen LogP contribution in [-0.2, 0) is 4.79 Å². The standard InChI is InChI=1S/C14H10ClNO2/c15-11-5-3-4-10(8-11)9-12(14(17)18)13-6-1-2-7-16-13/h1-9H,(H,17,18). The van der Waals surface area contributed by atoms with Crippen molar-refractivity contribution in [1.82, 2.24) is 4.98 Å². The lowest BCUT2D eigenvalue weighted by atomic mass is 10.1. The molecule has 2 aromatic rings. The molecule has 0 aliphatic rings. The number of benzene rings is 1. The molecule has 1 aromatic carbocycles. The minimum atomic E-state index is -1.02. The number of halogens is 1. The highest BCUT2D eigenvalue weighted by Gasteiger charge is 2.11. The van der Waals surface area contributed by atoms with Crippen LogP contribution in [0.25, 0.3) is 11.6 Å². The zero-order valence-corrected chi connectivity index (χ0v) is 10.1. The summed E-state index contributed by atoms with van der Waals surface area (Å²) in [5.41, 5.74) is 1.29. The van der Waals surface area contributed by atoms with Gasteiger partial charge >= 0.3 is 5.97 Å². The first-order chi connectivity index (χ1) is 8.66. The molecular weight excluding hydrogens is 250 g/mol. The minimum Gasteiger partial charge on any atom is -0.478 e. The fourth-order valence-electron chi connectivity index (χ4n) is 1.53. The molecule has 0 spiro atoms. The van der Waals surface area contributed by atoms with Gasteiger partial charge in [0.2, 0.25) is 0 Å². The predicted molar refractivity (Wildman–Crippen MR) is 71.2 cm³/mol. The van der Waals surface area contributed by atoms with E-state index in [1.807, 2.05) is 0 Å². The summed E-state index contributed by atoms with van der Waals surface area (Å²) in [4.78, 5) is 15.3. The number of rotatable bonds is 3. The highest BCUT2D eigenvalue weighted by Crippen LogP contribution is 2.18. The van der Waals surface area contributed by atoms with Crippen LogP contribution in [0.1, 0.15) is 11.3 Å². The molecule has 0 saturated carbocycles. The van der Waals surface area contributed by atoms with E-state index in [-0.39, 0.29) is 5.57 Å². The molecule has 0 fully saturated rings. The van der Waals surface area contributed by atoms with Crippen molar-refractivity contribution in [2.24, 2.45) is 0 Å². The molecule has 90 valence electrons. The van der Waals surface area contributed by atoms with Crippen LogP contribution in [0.4, 0.5) is 0 Å². The molecular formula is C14H10ClNO2. The second-order valence-corrected chi connectivity index (χ2v) is 4.07. The van der Waals surface area contributed by atoms with Gasteiger partial charge in [-0.1, -0.05) is 29.8 Å². The summed E-state index contributed by atoms with van der Waals surface area (Å²) < 4.78 is 0. The van der Waals surface area contributed by atoms with Gasteiger partial charge in [-0.05, 0) is 35.9 Å². The molecule has 0 aliphatic carbocycles. The quantitative estimate of drug-likeness (QED) is 0.860. The smallest absolute Gasteiger partial charge is 0.337 e. The predicted octanol–water partition coefficient (Wildman–Crippen LogP) is 3.36. The lowest BCUT2D eigenvalue weighted by Gasteiger charge is -2.02. The van der Waals surface area contributed by atoms with Crippen molar-refractivity contribution in [1.29, 1.82) is 0 Å². The van der Waals surface area contributed by atoms with Crippen molar-refractivity contribution in [3.05, 3.63) is 64.9 Å². The molecule has 4 heteroatoms. The van der Waals surface area contributed by atoms with Gasteiger partial charge in [-0.3, -0.25) is 4.98 Å². The molecule has 0 aliphatic heterocycles. The Kier molecular flexibility index (Phi) is 3.75. The topological polar surface area (TPSA) is 50.2 Å². The van der Waals surface area contributed by atoms with Crippen molar-refractivity contribution in [3.8, 4) is 0 Å². The van der Waals surface area contributed by atoms with Crippen molar-refractivity contribution in [3.63, 3.8) is 0 Å². The summed E-state index contributed by atoms with van der Waals surface area (Å²) in [6.07, 6.45) is 3.11. The third-order valence-electron chi connectivity index (χ3n) is 2.33. The number of aliphatic carboxylic acids is 1. The summed E-state index contributed by atoms with van der Waals surface area (Å²) in [5, 5.41) is 9.78. The molecule has 0 bridgehead atoms. The Morgan fingerprint density at radius 3 is 2.67 bits per heavy atom. The average molecular weight is 260 g/mol. The Morgan fingerprint density at radius 2 is 2.06 bits per heavy atom. The number of hydrogen-bond acceptors (Lipinski definition) is 2. The molecule has 0 amide bonds. The first-order valence-corrected chi connectivity index (χ1v) is 5.66. The second kappa shape index (κ2) is 5.47. The van der Waals surface area contributed by atoms with E-state index >= 15 is 0 Å². The van der Waals surface area contributed by atoms with Gasteiger partial charge in [0, 0.05) is 11.2 Å². The van der Waals surface area contributed by atoms with Crippen LogP contribution >= 0.6 is 11.6 Å². The van der Waals surface area contributed by atoms with Crippen molar-refractivity contribution >= 4 is 29.2 Å². The summed E-state index contributed by atoms with van der Waals surface area (Å²) >= 11 is 5.86. The van der Waals surface area contributed by atoms with E-state index in [4.69, 9.17) is 11.6 Å². The van der Waals surface area contributed by atoms with Crippen LogP contribution in [0.2, 0.25) is 5.02 Å². The van der Waals surface area contributed by atoms with Crippen LogP contribution in [0, 0.1) is 0 Å². The van der Waals surface area contributed by atoms with Gasteiger partial charge < -0.3 is 5.11 Å². The molecule has 3 nitrogen and oxygen atoms in total. The Bertz CT molecular complexity index is 594. The van der Waals surface area contributed by atoms with Crippen molar-refractivity contribution < 1.29 is 9.90 Å². The van der Waals surface area contributed by atoms with E-state index in [1.165, 1.54) is 0 Å². The first-order valence-electron chi connectivity index (χ1n) is 5.29. The van der Waals surface area contributed by atoms with Crippen molar-refractivity contribution in [2.75, 3.05) is 0 Å². The highest BCUT2D eigenvalue weighted by molar-refractivity contribution is 6.30. The maximum Gasteiger partial charge on any atom is 0.337 e. The van der Waals surface area contributed by atoms with Gasteiger partial charge in [0.15, 0.2) is 0 Å². The summed E-state index contributed by atoms with van der Waals surface area (Å²) in [7, 11) is 0. The third kappa shape index (κ3) is 2.96. The van der Waals surface area contributed by atoms with Gasteiger partial charge in [0.1, 0.15) is 0 Å². The van der Waals surface area contributed by atoms with Crippen LogP contribution in [-0.4, -0.2) is 16.1 Å². The fraction of sp³-hybridized carbons (Fsp3) is 0. The highest BCUT2D eigenvalue weighted by atomic mass is 35.5. The minimum absolute atomic E-state index is 0.137. The number of hydrogen-bond donors (Lipinski definition) is 1. The maximum absolute atomic E-state index is 11.2. The Balaban J connectivity index is 2.46. The zero-order valence-electron chi connectivity index (χ0n) is 9.38. The van der Waals surface area contributed by atoms with Crippen molar-refractivity contribution in [2.45, 2.75) is 0 Å². The van der Waals surface area contributed by atoms with Gasteiger partial charge in [0.05, 0.1) is 11.3 Å². The van der Waals surface area contributed by atoms with Gasteiger partial charge in [-0.25, -0.2) is 4.79 Å². The summed E-state index contributed by atoms with van der Waals surface area (Å²) in [6.45, 7) is 0. The Hall–Kier alpha value is -2.13. The number of carbonyl (C=O) groups is 1. The van der Waals surface area contributed by atoms with Gasteiger partial charge in [-0.2, -0.15) is 0 Å². The molecule has 2 rings (SSSR count). The van der Waals surface area contributed by atoms with Gasteiger partial charge in [0.25, 0.3) is 0 Å². The number of pyridine rings is 1. The Morgan fingerprint density at radius 1 is 1.22 bits per heavy atom. The lowest BCUT2D eigenvalue weighted by Crippen LogP contribution is -2.01. The molecule has 1 heterocycles. The van der Waals surface area contributed by atoms with E-state index in [0.717, 1.165) is 5.56 Å². The largest absolute Gasteiger partial charge is 0.478 e. The monoisotopic (exact) mass is 259 g/mol. The van der Waals surface area contributed by atoms with E-state index in [1.54, 1.807) is 54.7 Å². The van der Waals surface area contributed by atoms with E-state index in [2.05, 4.69) is 4.98 Å². The number of carboxylic acid groups (broad SMARTS) is 1. The van der Waals surface area contributed by atoms with Crippen LogP contribution in [0.3, 0.4) is 0 Å². The normalized spacial score (nSPS) is 11.3. The lowest BCUT2D eigenvalue weighted by molar-refractivity contribution is -0.130. The van der Waals surface area contributed by atoms with E-state index < -0.39 is 5.97 Å². The number of carboxylic acids is 1. The molecule has 1 aromatic heterocycles. The number of nitrogens with zero attached hydrogens (tertiary/aromatic N) is 1. The fourth-order valence-corrected chi connectivity index (χ4v) is 1.73. The summed E-state index contributed by atoms with van der Waals surface area (Å²) in [5.74, 6) is -1.02. The second-order valence-electron chi connectivity index (χ2n) is 3.63. The van der Waals surface area contributed by atoms with Crippen LogP contribution < -0.4 is 0 Å². The molecule has 0 saturated heterocycles. The number of aromatic nitrogens is 1. The first kappa shape index (κ1) is 12.3. The van der Waals surface area contributed by atoms with Crippen LogP contribution in [0.5, 0.6) is 0 Å². The van der Waals surface area contributed by atoms with Crippen LogP contribution in [0.15, 0.2) is 48.7 Å². The maximum atomic E-state index is 11.2. The average Bonchev–Trinajstić information content (AvgIpc) is 2.37. The van der Waals surface area contributed by atoms with E-state index in [0.29, 0.717) is 10.7 Å². The third-order valence-corrected chi connectivity index (χ3v) is 2.57. The van der Waals surface area contributed by atoms with E-state index in [9.17, 15) is 9.90 Å². The zero-order chi connectivity index (χ0) is 13.0. The summed E-state index contributed by atoms with van der Waals surface area (Å²) in [6, 6.07) is 12.1. The molecule has 1 N–H and O–H groups in total.